The summed E-state index contributed by atoms with van der Waals surface area (Å²) in [5.74, 6) is 0. The van der Waals surface area contributed by atoms with Gasteiger partial charge in [-0.3, -0.25) is 0 Å². The molecule has 1 aromatic carbocycles. The second kappa shape index (κ2) is 3.57. The first-order chi connectivity index (χ1) is 8.25. The standard InChI is InChI=1S/C14H14N2O/c1-16-8-5-11-9-12(3-4-13(11)16)14(15-10-17)6-2-7-14/h3-5,8-9H,2,6-7H2,1H3. The molecule has 3 rings (SSSR count). The minimum atomic E-state index is -0.286. The van der Waals surface area contributed by atoms with Gasteiger partial charge in [-0.25, -0.2) is 4.79 Å². The van der Waals surface area contributed by atoms with Crippen LogP contribution in [0.2, 0.25) is 0 Å². The van der Waals surface area contributed by atoms with E-state index in [0.29, 0.717) is 0 Å². The molecule has 0 bridgehead atoms. The fraction of sp³-hybridized carbons (Fsp3) is 0.357. The van der Waals surface area contributed by atoms with Crippen LogP contribution >= 0.6 is 0 Å². The fourth-order valence-corrected chi connectivity index (χ4v) is 2.64. The maximum Gasteiger partial charge on any atom is 0.235 e. The summed E-state index contributed by atoms with van der Waals surface area (Å²) in [6.45, 7) is 0. The smallest absolute Gasteiger partial charge is 0.235 e. The molecule has 1 aliphatic rings. The molecule has 17 heavy (non-hydrogen) atoms. The minimum absolute atomic E-state index is 0.286. The number of aromatic nitrogens is 1. The van der Waals surface area contributed by atoms with Gasteiger partial charge in [0.05, 0.1) is 5.54 Å². The molecule has 0 amide bonds. The molecule has 86 valence electrons. The normalized spacial score (nSPS) is 17.5. The van der Waals surface area contributed by atoms with Crippen LogP contribution in [0, 0.1) is 0 Å². The van der Waals surface area contributed by atoms with E-state index in [2.05, 4.69) is 33.8 Å². The lowest BCUT2D eigenvalue weighted by Gasteiger charge is -2.37. The molecule has 1 fully saturated rings. The SMILES string of the molecule is Cn1ccc2cc(C3(N=C=O)CCC3)ccc21. The molecular formula is C14H14N2O. The van der Waals surface area contributed by atoms with Crippen molar-refractivity contribution >= 4 is 17.0 Å². The van der Waals surface area contributed by atoms with Gasteiger partial charge >= 0.3 is 0 Å². The number of aliphatic imine (C=N–C) groups is 1. The third-order valence-corrected chi connectivity index (χ3v) is 3.86. The van der Waals surface area contributed by atoms with E-state index in [4.69, 9.17) is 0 Å². The molecule has 2 aromatic rings. The number of isocyanates is 1. The van der Waals surface area contributed by atoms with E-state index in [-0.39, 0.29) is 5.54 Å². The van der Waals surface area contributed by atoms with Crippen LogP contribution in [-0.2, 0) is 17.4 Å². The molecule has 0 aliphatic heterocycles. The van der Waals surface area contributed by atoms with Gasteiger partial charge < -0.3 is 4.57 Å². The zero-order valence-corrected chi connectivity index (χ0v) is 9.81. The summed E-state index contributed by atoms with van der Waals surface area (Å²) in [6.07, 6.45) is 6.83. The summed E-state index contributed by atoms with van der Waals surface area (Å²) in [6, 6.07) is 8.43. The molecule has 0 radical (unpaired) electrons. The Kier molecular flexibility index (Phi) is 2.17. The Morgan fingerprint density at radius 3 is 2.82 bits per heavy atom. The van der Waals surface area contributed by atoms with Crippen molar-refractivity contribution in [3.8, 4) is 0 Å². The first kappa shape index (κ1) is 10.3. The van der Waals surface area contributed by atoms with Crippen LogP contribution in [-0.4, -0.2) is 10.6 Å². The largest absolute Gasteiger partial charge is 0.351 e. The van der Waals surface area contributed by atoms with E-state index < -0.39 is 0 Å². The highest BCUT2D eigenvalue weighted by molar-refractivity contribution is 5.81. The van der Waals surface area contributed by atoms with Gasteiger partial charge in [-0.1, -0.05) is 6.07 Å². The zero-order valence-electron chi connectivity index (χ0n) is 9.81. The quantitative estimate of drug-likeness (QED) is 0.572. The molecule has 1 heterocycles. The topological polar surface area (TPSA) is 34.4 Å². The molecule has 0 saturated heterocycles. The van der Waals surface area contributed by atoms with Crippen LogP contribution in [0.25, 0.3) is 10.9 Å². The highest BCUT2D eigenvalue weighted by Gasteiger charge is 2.38. The first-order valence-corrected chi connectivity index (χ1v) is 5.90. The lowest BCUT2D eigenvalue weighted by atomic mass is 9.72. The van der Waals surface area contributed by atoms with Crippen LogP contribution in [0.5, 0.6) is 0 Å². The van der Waals surface area contributed by atoms with Gasteiger partial charge in [0.15, 0.2) is 0 Å². The first-order valence-electron chi connectivity index (χ1n) is 5.90. The highest BCUT2D eigenvalue weighted by atomic mass is 16.1. The van der Waals surface area contributed by atoms with Gasteiger partial charge in [-0.2, -0.15) is 4.99 Å². The average molecular weight is 226 g/mol. The lowest BCUT2D eigenvalue weighted by molar-refractivity contribution is 0.256. The summed E-state index contributed by atoms with van der Waals surface area (Å²) >= 11 is 0. The number of benzene rings is 1. The minimum Gasteiger partial charge on any atom is -0.351 e. The van der Waals surface area contributed by atoms with Crippen molar-refractivity contribution in [1.29, 1.82) is 0 Å². The van der Waals surface area contributed by atoms with Crippen LogP contribution in [0.1, 0.15) is 24.8 Å². The Hall–Kier alpha value is -1.86. The van der Waals surface area contributed by atoms with Gasteiger partial charge in [0.25, 0.3) is 0 Å². The van der Waals surface area contributed by atoms with E-state index in [1.807, 2.05) is 13.2 Å². The van der Waals surface area contributed by atoms with E-state index in [9.17, 15) is 4.79 Å². The summed E-state index contributed by atoms with van der Waals surface area (Å²) < 4.78 is 2.09. The molecule has 1 aromatic heterocycles. The van der Waals surface area contributed by atoms with E-state index >= 15 is 0 Å². The summed E-state index contributed by atoms with van der Waals surface area (Å²) in [4.78, 5) is 14.6. The third kappa shape index (κ3) is 1.43. The van der Waals surface area contributed by atoms with Crippen molar-refractivity contribution in [2.24, 2.45) is 12.0 Å². The number of fused-ring (bicyclic) bond motifs is 1. The van der Waals surface area contributed by atoms with Crippen molar-refractivity contribution < 1.29 is 4.79 Å². The van der Waals surface area contributed by atoms with Crippen LogP contribution in [0.4, 0.5) is 0 Å². The fourth-order valence-electron chi connectivity index (χ4n) is 2.64. The Labute approximate surface area is 99.8 Å². The van der Waals surface area contributed by atoms with Crippen molar-refractivity contribution in [2.75, 3.05) is 0 Å². The Morgan fingerprint density at radius 1 is 1.35 bits per heavy atom. The summed E-state index contributed by atoms with van der Waals surface area (Å²) in [5, 5.41) is 1.21. The van der Waals surface area contributed by atoms with Gasteiger partial charge in [0, 0.05) is 18.8 Å². The number of hydrogen-bond acceptors (Lipinski definition) is 2. The van der Waals surface area contributed by atoms with E-state index in [1.165, 1.54) is 10.9 Å². The summed E-state index contributed by atoms with van der Waals surface area (Å²) in [5.41, 5.74) is 2.07. The van der Waals surface area contributed by atoms with Gasteiger partial charge in [-0.15, -0.1) is 0 Å². The molecule has 0 spiro atoms. The molecule has 3 heteroatoms. The summed E-state index contributed by atoms with van der Waals surface area (Å²) in [7, 11) is 2.03. The Balaban J connectivity index is 2.14. The maximum atomic E-state index is 10.6. The van der Waals surface area contributed by atoms with Gasteiger partial charge in [0.1, 0.15) is 0 Å². The van der Waals surface area contributed by atoms with Crippen LogP contribution in [0.3, 0.4) is 0 Å². The predicted molar refractivity (Wildman–Crippen MR) is 66.6 cm³/mol. The third-order valence-electron chi connectivity index (χ3n) is 3.86. The second-order valence-electron chi connectivity index (χ2n) is 4.79. The molecule has 3 nitrogen and oxygen atoms in total. The number of hydrogen-bond donors (Lipinski definition) is 0. The van der Waals surface area contributed by atoms with Crippen molar-refractivity contribution in [3.63, 3.8) is 0 Å². The number of aryl methyl sites for hydroxylation is 1. The van der Waals surface area contributed by atoms with Gasteiger partial charge in [0.2, 0.25) is 6.08 Å². The van der Waals surface area contributed by atoms with E-state index in [0.717, 1.165) is 24.8 Å². The van der Waals surface area contributed by atoms with E-state index in [1.54, 1.807) is 6.08 Å². The second-order valence-corrected chi connectivity index (χ2v) is 4.79. The lowest BCUT2D eigenvalue weighted by Crippen LogP contribution is -2.31. The highest BCUT2D eigenvalue weighted by Crippen LogP contribution is 2.45. The molecule has 1 saturated carbocycles. The molecule has 0 N–H and O–H groups in total. The predicted octanol–water partition coefficient (Wildman–Crippen LogP) is 2.89. The molecule has 1 aliphatic carbocycles. The molecule has 0 atom stereocenters. The van der Waals surface area contributed by atoms with Crippen LogP contribution < -0.4 is 0 Å². The number of carbonyl (C=O) groups excluding carboxylic acids is 1. The Morgan fingerprint density at radius 2 is 2.18 bits per heavy atom. The van der Waals surface area contributed by atoms with Gasteiger partial charge in [-0.05, 0) is 48.4 Å². The average Bonchev–Trinajstić information content (AvgIpc) is 2.65. The number of nitrogens with zero attached hydrogens (tertiary/aromatic N) is 2. The Bertz CT molecular complexity index is 616. The van der Waals surface area contributed by atoms with Crippen molar-refractivity contribution in [1.82, 2.24) is 4.57 Å². The zero-order chi connectivity index (χ0) is 11.9. The van der Waals surface area contributed by atoms with Crippen molar-refractivity contribution in [3.05, 3.63) is 36.0 Å². The number of rotatable bonds is 2. The monoisotopic (exact) mass is 226 g/mol. The van der Waals surface area contributed by atoms with Crippen LogP contribution in [0.15, 0.2) is 35.5 Å². The van der Waals surface area contributed by atoms with Crippen molar-refractivity contribution in [2.45, 2.75) is 24.8 Å². The molecule has 0 unspecified atom stereocenters. The molecular weight excluding hydrogens is 212 g/mol. The maximum absolute atomic E-state index is 10.6.